The van der Waals surface area contributed by atoms with Crippen LogP contribution in [-0.2, 0) is 27.7 Å². The molecule has 0 aromatic heterocycles. The lowest BCUT2D eigenvalue weighted by Crippen LogP contribution is -2.11. The maximum atomic E-state index is 12.4. The largest absolute Gasteiger partial charge is 0.530 e. The molecule has 0 aromatic carbocycles. The van der Waals surface area contributed by atoms with Gasteiger partial charge in [-0.3, -0.25) is 9.05 Å². The van der Waals surface area contributed by atoms with Gasteiger partial charge in [-0.25, -0.2) is 13.8 Å². The SMILES string of the molecule is CCOC(=O)C(=CF)OP(=O)(OCC)OCC. The zero-order chi connectivity index (χ0) is 13.3. The average Bonchev–Trinajstić information content (AvgIpc) is 2.27. The van der Waals surface area contributed by atoms with E-state index in [0.29, 0.717) is 0 Å². The Morgan fingerprint density at radius 2 is 1.71 bits per heavy atom. The fourth-order valence-electron chi connectivity index (χ4n) is 0.831. The van der Waals surface area contributed by atoms with Gasteiger partial charge in [0.2, 0.25) is 5.76 Å². The van der Waals surface area contributed by atoms with Crippen molar-refractivity contribution in [3.63, 3.8) is 0 Å². The number of hydrogen-bond acceptors (Lipinski definition) is 6. The molecular formula is C9H16FO6P. The van der Waals surface area contributed by atoms with E-state index in [2.05, 4.69) is 9.26 Å². The molecule has 0 unspecified atom stereocenters. The van der Waals surface area contributed by atoms with Gasteiger partial charge in [-0.1, -0.05) is 0 Å². The summed E-state index contributed by atoms with van der Waals surface area (Å²) < 4.78 is 42.8. The maximum absolute atomic E-state index is 12.4. The normalized spacial score (nSPS) is 12.4. The summed E-state index contributed by atoms with van der Waals surface area (Å²) in [4.78, 5) is 11.2. The van der Waals surface area contributed by atoms with E-state index in [9.17, 15) is 13.8 Å². The van der Waals surface area contributed by atoms with Crippen LogP contribution in [0.3, 0.4) is 0 Å². The Balaban J connectivity index is 4.72. The summed E-state index contributed by atoms with van der Waals surface area (Å²) in [6.45, 7) is 4.74. The third-order valence-electron chi connectivity index (χ3n) is 1.36. The Hall–Kier alpha value is -0.910. The van der Waals surface area contributed by atoms with E-state index >= 15 is 0 Å². The zero-order valence-corrected chi connectivity index (χ0v) is 10.9. The van der Waals surface area contributed by atoms with Gasteiger partial charge in [0, 0.05) is 0 Å². The smallest absolute Gasteiger partial charge is 0.460 e. The van der Waals surface area contributed by atoms with Crippen LogP contribution < -0.4 is 0 Å². The predicted molar refractivity (Wildman–Crippen MR) is 57.8 cm³/mol. The fraction of sp³-hybridized carbons (Fsp3) is 0.667. The molecule has 0 atom stereocenters. The summed E-state index contributed by atoms with van der Waals surface area (Å²) in [5.41, 5.74) is 0. The van der Waals surface area contributed by atoms with Gasteiger partial charge in [0.1, 0.15) is 6.33 Å². The van der Waals surface area contributed by atoms with Crippen molar-refractivity contribution in [1.29, 1.82) is 0 Å². The van der Waals surface area contributed by atoms with E-state index in [4.69, 9.17) is 9.05 Å². The summed E-state index contributed by atoms with van der Waals surface area (Å²) >= 11 is 0. The molecule has 8 heteroatoms. The van der Waals surface area contributed by atoms with E-state index in [1.165, 1.54) is 0 Å². The molecule has 0 aliphatic rings. The van der Waals surface area contributed by atoms with Gasteiger partial charge in [-0.2, -0.15) is 0 Å². The number of hydrogen-bond donors (Lipinski definition) is 0. The minimum Gasteiger partial charge on any atom is -0.460 e. The molecule has 17 heavy (non-hydrogen) atoms. The average molecular weight is 270 g/mol. The Kier molecular flexibility index (Phi) is 7.78. The van der Waals surface area contributed by atoms with Crippen LogP contribution in [0, 0.1) is 0 Å². The summed E-state index contributed by atoms with van der Waals surface area (Å²) in [7, 11) is -3.98. The lowest BCUT2D eigenvalue weighted by molar-refractivity contribution is -0.141. The lowest BCUT2D eigenvalue weighted by Gasteiger charge is -2.17. The molecule has 0 N–H and O–H groups in total. The van der Waals surface area contributed by atoms with Gasteiger partial charge in [0.15, 0.2) is 0 Å². The van der Waals surface area contributed by atoms with Gasteiger partial charge >= 0.3 is 13.8 Å². The van der Waals surface area contributed by atoms with Gasteiger partial charge in [0.25, 0.3) is 0 Å². The van der Waals surface area contributed by atoms with Crippen LogP contribution in [0.5, 0.6) is 0 Å². The standard InChI is InChI=1S/C9H16FO6P/c1-4-13-9(11)8(7-10)16-17(12,14-5-2)15-6-3/h7H,4-6H2,1-3H3. The Morgan fingerprint density at radius 3 is 2.06 bits per heavy atom. The van der Waals surface area contributed by atoms with Crippen molar-refractivity contribution in [1.82, 2.24) is 0 Å². The first-order valence-corrected chi connectivity index (χ1v) is 6.55. The van der Waals surface area contributed by atoms with Gasteiger partial charge < -0.3 is 9.26 Å². The molecule has 0 rings (SSSR count). The van der Waals surface area contributed by atoms with Crippen molar-refractivity contribution in [3.8, 4) is 0 Å². The summed E-state index contributed by atoms with van der Waals surface area (Å²) in [5, 5.41) is 0. The van der Waals surface area contributed by atoms with Crippen LogP contribution in [0.15, 0.2) is 12.1 Å². The molecule has 0 amide bonds. The van der Waals surface area contributed by atoms with Crippen molar-refractivity contribution in [2.45, 2.75) is 20.8 Å². The second-order valence-corrected chi connectivity index (χ2v) is 4.16. The highest BCUT2D eigenvalue weighted by atomic mass is 31.2. The molecule has 0 aliphatic carbocycles. The minimum atomic E-state index is -3.98. The summed E-state index contributed by atoms with van der Waals surface area (Å²) in [6, 6.07) is 0. The number of phosphoric acid groups is 1. The molecule has 100 valence electrons. The van der Waals surface area contributed by atoms with Crippen LogP contribution in [0.2, 0.25) is 0 Å². The highest BCUT2D eigenvalue weighted by molar-refractivity contribution is 7.48. The monoisotopic (exact) mass is 270 g/mol. The van der Waals surface area contributed by atoms with Gasteiger partial charge in [0.05, 0.1) is 19.8 Å². The van der Waals surface area contributed by atoms with Crippen molar-refractivity contribution in [3.05, 3.63) is 12.1 Å². The van der Waals surface area contributed by atoms with E-state index in [0.717, 1.165) is 0 Å². The van der Waals surface area contributed by atoms with Crippen LogP contribution in [0.4, 0.5) is 4.39 Å². The number of esters is 1. The highest BCUT2D eigenvalue weighted by Crippen LogP contribution is 2.51. The lowest BCUT2D eigenvalue weighted by atomic mass is 10.6. The number of carbonyl (C=O) groups is 1. The third kappa shape index (κ3) is 5.81. The Bertz CT molecular complexity index is 307. The van der Waals surface area contributed by atoms with E-state index in [1.807, 2.05) is 0 Å². The Labute approximate surface area is 99.3 Å². The molecule has 0 heterocycles. The van der Waals surface area contributed by atoms with Gasteiger partial charge in [-0.05, 0) is 20.8 Å². The molecule has 0 aromatic rings. The second kappa shape index (κ2) is 8.22. The van der Waals surface area contributed by atoms with Crippen molar-refractivity contribution in [2.24, 2.45) is 0 Å². The first-order valence-electron chi connectivity index (χ1n) is 5.09. The van der Waals surface area contributed by atoms with Crippen LogP contribution in [0.25, 0.3) is 0 Å². The summed E-state index contributed by atoms with van der Waals surface area (Å²) in [5.74, 6) is -1.92. The number of phosphoric ester groups is 1. The first kappa shape index (κ1) is 16.1. The number of ether oxygens (including phenoxy) is 1. The zero-order valence-electron chi connectivity index (χ0n) is 9.97. The second-order valence-electron chi connectivity index (χ2n) is 2.57. The third-order valence-corrected chi connectivity index (χ3v) is 2.93. The molecule has 0 radical (unpaired) electrons. The maximum Gasteiger partial charge on any atom is 0.530 e. The van der Waals surface area contributed by atoms with Crippen molar-refractivity contribution < 1.29 is 32.1 Å². The van der Waals surface area contributed by atoms with Crippen LogP contribution in [-0.4, -0.2) is 25.8 Å². The van der Waals surface area contributed by atoms with Gasteiger partial charge in [-0.15, -0.1) is 0 Å². The Morgan fingerprint density at radius 1 is 1.18 bits per heavy atom. The number of halogens is 1. The molecule has 0 aliphatic heterocycles. The number of rotatable bonds is 8. The topological polar surface area (TPSA) is 71.1 Å². The predicted octanol–water partition coefficient (Wildman–Crippen LogP) is 2.56. The molecule has 0 spiro atoms. The number of carbonyl (C=O) groups excluding carboxylic acids is 1. The first-order chi connectivity index (χ1) is 8.02. The quantitative estimate of drug-likeness (QED) is 0.292. The van der Waals surface area contributed by atoms with Crippen LogP contribution in [0.1, 0.15) is 20.8 Å². The van der Waals surface area contributed by atoms with E-state index in [-0.39, 0.29) is 26.2 Å². The summed E-state index contributed by atoms with van der Waals surface area (Å²) in [6.07, 6.45) is -0.150. The van der Waals surface area contributed by atoms with Crippen molar-refractivity contribution >= 4 is 13.8 Å². The van der Waals surface area contributed by atoms with E-state index < -0.39 is 19.6 Å². The highest BCUT2D eigenvalue weighted by Gasteiger charge is 2.31. The molecule has 6 nitrogen and oxygen atoms in total. The molecule has 0 saturated carbocycles. The van der Waals surface area contributed by atoms with Crippen molar-refractivity contribution in [2.75, 3.05) is 19.8 Å². The molecular weight excluding hydrogens is 254 g/mol. The molecule has 0 bridgehead atoms. The van der Waals surface area contributed by atoms with Crippen LogP contribution >= 0.6 is 7.82 Å². The van der Waals surface area contributed by atoms with E-state index in [1.54, 1.807) is 20.8 Å². The fourth-order valence-corrected chi connectivity index (χ4v) is 2.00. The molecule has 0 fully saturated rings. The molecule has 0 saturated heterocycles. The minimum absolute atomic E-state index is 0.0274.